The van der Waals surface area contributed by atoms with Gasteiger partial charge >= 0.3 is 0 Å². The van der Waals surface area contributed by atoms with Crippen LogP contribution in [-0.2, 0) is 6.54 Å². The number of nitrogens with one attached hydrogen (secondary N) is 1. The number of hydrogen-bond acceptors (Lipinski definition) is 4. The molecular formula is C21H15N5O2. The van der Waals surface area contributed by atoms with Crippen LogP contribution in [0.3, 0.4) is 0 Å². The van der Waals surface area contributed by atoms with Crippen molar-refractivity contribution >= 4 is 28.4 Å². The maximum atomic E-state index is 11.3. The van der Waals surface area contributed by atoms with Gasteiger partial charge in [-0.2, -0.15) is 5.26 Å². The maximum absolute atomic E-state index is 11.3. The molecule has 136 valence electrons. The van der Waals surface area contributed by atoms with Crippen molar-refractivity contribution in [3.8, 4) is 6.07 Å². The van der Waals surface area contributed by atoms with Crippen molar-refractivity contribution < 1.29 is 4.92 Å². The van der Waals surface area contributed by atoms with Crippen LogP contribution in [0.25, 0.3) is 22.7 Å². The van der Waals surface area contributed by atoms with Crippen molar-refractivity contribution in [3.63, 3.8) is 0 Å². The number of rotatable bonds is 5. The lowest BCUT2D eigenvalue weighted by Gasteiger charge is -2.07. The third-order valence-corrected chi connectivity index (χ3v) is 4.45. The highest BCUT2D eigenvalue weighted by Gasteiger charge is 2.14. The fraction of sp³-hybridized carbons (Fsp3) is 0.0476. The van der Waals surface area contributed by atoms with Crippen LogP contribution in [0, 0.1) is 21.4 Å². The van der Waals surface area contributed by atoms with Gasteiger partial charge < -0.3 is 9.55 Å². The molecule has 0 saturated heterocycles. The van der Waals surface area contributed by atoms with Crippen LogP contribution in [0.15, 0.2) is 66.9 Å². The van der Waals surface area contributed by atoms with Gasteiger partial charge in [0, 0.05) is 23.5 Å². The van der Waals surface area contributed by atoms with Crippen LogP contribution in [0.5, 0.6) is 0 Å². The fourth-order valence-electron chi connectivity index (χ4n) is 3.09. The molecule has 7 nitrogen and oxygen atoms in total. The number of nitro groups is 1. The zero-order valence-corrected chi connectivity index (χ0v) is 14.7. The van der Waals surface area contributed by atoms with Gasteiger partial charge in [-0.1, -0.05) is 30.3 Å². The second-order valence-corrected chi connectivity index (χ2v) is 6.22. The van der Waals surface area contributed by atoms with E-state index in [9.17, 15) is 15.4 Å². The molecule has 2 aromatic heterocycles. The van der Waals surface area contributed by atoms with Gasteiger partial charge in [-0.15, -0.1) is 0 Å². The number of nitro benzene ring substituents is 1. The van der Waals surface area contributed by atoms with Gasteiger partial charge in [0.05, 0.1) is 28.1 Å². The SMILES string of the molecule is N#C/C(=C\c1cccn1Cc1ccccc1[N+](=O)[O-])c1nc2ccccc2[nH]1. The number of H-pyrrole nitrogens is 1. The highest BCUT2D eigenvalue weighted by molar-refractivity contribution is 5.89. The van der Waals surface area contributed by atoms with E-state index in [2.05, 4.69) is 16.0 Å². The van der Waals surface area contributed by atoms with Gasteiger partial charge in [-0.25, -0.2) is 4.98 Å². The van der Waals surface area contributed by atoms with Gasteiger partial charge in [0.2, 0.25) is 0 Å². The second-order valence-electron chi connectivity index (χ2n) is 6.22. The Morgan fingerprint density at radius 3 is 2.75 bits per heavy atom. The van der Waals surface area contributed by atoms with Crippen LogP contribution in [0.1, 0.15) is 17.1 Å². The van der Waals surface area contributed by atoms with Crippen LogP contribution in [0.4, 0.5) is 5.69 Å². The first-order valence-corrected chi connectivity index (χ1v) is 8.60. The number of hydrogen-bond donors (Lipinski definition) is 1. The number of aromatic amines is 1. The normalized spacial score (nSPS) is 11.5. The number of benzene rings is 2. The molecule has 0 saturated carbocycles. The van der Waals surface area contributed by atoms with Gasteiger partial charge in [-0.05, 0) is 30.3 Å². The number of fused-ring (bicyclic) bond motifs is 1. The smallest absolute Gasteiger partial charge is 0.274 e. The molecule has 0 aliphatic carbocycles. The molecule has 4 rings (SSSR count). The summed E-state index contributed by atoms with van der Waals surface area (Å²) in [6.45, 7) is 0.328. The van der Waals surface area contributed by atoms with Crippen LogP contribution in [-0.4, -0.2) is 19.5 Å². The maximum Gasteiger partial charge on any atom is 0.274 e. The number of aromatic nitrogens is 3. The molecule has 0 aliphatic rings. The van der Waals surface area contributed by atoms with E-state index in [1.807, 2.05) is 47.2 Å². The highest BCUT2D eigenvalue weighted by Crippen LogP contribution is 2.22. The third kappa shape index (κ3) is 3.27. The first kappa shape index (κ1) is 17.2. The molecular weight excluding hydrogens is 354 g/mol. The van der Waals surface area contributed by atoms with Crippen molar-refractivity contribution in [3.05, 3.63) is 94.1 Å². The monoisotopic (exact) mass is 369 g/mol. The Labute approximate surface area is 160 Å². The van der Waals surface area contributed by atoms with Crippen molar-refractivity contribution in [2.24, 2.45) is 0 Å². The molecule has 0 unspecified atom stereocenters. The minimum Gasteiger partial charge on any atom is -0.343 e. The molecule has 0 amide bonds. The minimum absolute atomic E-state index is 0.0731. The Morgan fingerprint density at radius 1 is 1.18 bits per heavy atom. The molecule has 2 heterocycles. The summed E-state index contributed by atoms with van der Waals surface area (Å²) in [6, 6.07) is 20.1. The molecule has 0 aliphatic heterocycles. The summed E-state index contributed by atoms with van der Waals surface area (Å²) in [5, 5.41) is 20.9. The average molecular weight is 369 g/mol. The lowest BCUT2D eigenvalue weighted by atomic mass is 10.1. The molecule has 1 N–H and O–H groups in total. The van der Waals surface area contributed by atoms with Crippen LogP contribution >= 0.6 is 0 Å². The van der Waals surface area contributed by atoms with Crippen molar-refractivity contribution in [2.75, 3.05) is 0 Å². The Morgan fingerprint density at radius 2 is 1.96 bits per heavy atom. The summed E-state index contributed by atoms with van der Waals surface area (Å²) in [5.74, 6) is 0.488. The largest absolute Gasteiger partial charge is 0.343 e. The Hall–Kier alpha value is -4.18. The number of para-hydroxylation sites is 3. The molecule has 4 aromatic rings. The summed E-state index contributed by atoms with van der Waals surface area (Å²) in [6.07, 6.45) is 3.56. The number of nitrogens with zero attached hydrogens (tertiary/aromatic N) is 4. The summed E-state index contributed by atoms with van der Waals surface area (Å²) >= 11 is 0. The van der Waals surface area contributed by atoms with E-state index in [-0.39, 0.29) is 10.6 Å². The Kier molecular flexibility index (Phi) is 4.44. The quantitative estimate of drug-likeness (QED) is 0.320. The van der Waals surface area contributed by atoms with Gasteiger partial charge in [0.25, 0.3) is 5.69 Å². The van der Waals surface area contributed by atoms with E-state index in [4.69, 9.17) is 0 Å². The first-order valence-electron chi connectivity index (χ1n) is 8.60. The third-order valence-electron chi connectivity index (χ3n) is 4.45. The predicted octanol–water partition coefficient (Wildman–Crippen LogP) is 4.39. The fourth-order valence-corrected chi connectivity index (χ4v) is 3.09. The van der Waals surface area contributed by atoms with E-state index >= 15 is 0 Å². The Balaban J connectivity index is 1.70. The number of allylic oxidation sites excluding steroid dienone is 1. The number of imidazole rings is 1. The summed E-state index contributed by atoms with van der Waals surface area (Å²) < 4.78 is 1.86. The second kappa shape index (κ2) is 7.21. The molecule has 0 radical (unpaired) electrons. The molecule has 0 bridgehead atoms. The average Bonchev–Trinajstić information content (AvgIpc) is 3.32. The van der Waals surface area contributed by atoms with Crippen LogP contribution in [0.2, 0.25) is 0 Å². The molecule has 28 heavy (non-hydrogen) atoms. The molecule has 2 aromatic carbocycles. The van der Waals surface area contributed by atoms with E-state index in [0.29, 0.717) is 23.5 Å². The van der Waals surface area contributed by atoms with Crippen molar-refractivity contribution in [1.29, 1.82) is 5.26 Å². The van der Waals surface area contributed by atoms with Crippen molar-refractivity contribution in [2.45, 2.75) is 6.54 Å². The van der Waals surface area contributed by atoms with E-state index < -0.39 is 0 Å². The topological polar surface area (TPSA) is 101 Å². The van der Waals surface area contributed by atoms with Gasteiger partial charge in [-0.3, -0.25) is 10.1 Å². The van der Waals surface area contributed by atoms with Gasteiger partial charge in [0.15, 0.2) is 0 Å². The summed E-state index contributed by atoms with van der Waals surface area (Å²) in [4.78, 5) is 18.5. The zero-order valence-electron chi connectivity index (χ0n) is 14.7. The first-order chi connectivity index (χ1) is 13.7. The summed E-state index contributed by atoms with van der Waals surface area (Å²) in [5.41, 5.74) is 3.46. The molecule has 7 heteroatoms. The summed E-state index contributed by atoms with van der Waals surface area (Å²) in [7, 11) is 0. The van der Waals surface area contributed by atoms with Gasteiger partial charge in [0.1, 0.15) is 11.9 Å². The van der Waals surface area contributed by atoms with E-state index in [1.54, 1.807) is 24.3 Å². The highest BCUT2D eigenvalue weighted by atomic mass is 16.6. The number of nitriles is 1. The molecule has 0 atom stereocenters. The standard InChI is InChI=1S/C21H15N5O2/c22-13-16(21-23-18-8-2-3-9-19(18)24-21)12-17-7-5-11-25(17)14-15-6-1-4-10-20(15)26(27)28/h1-12H,14H2,(H,23,24)/b16-12+. The van der Waals surface area contributed by atoms with E-state index in [0.717, 1.165) is 16.7 Å². The Bertz CT molecular complexity index is 1210. The van der Waals surface area contributed by atoms with Crippen LogP contribution < -0.4 is 0 Å². The van der Waals surface area contributed by atoms with Crippen molar-refractivity contribution in [1.82, 2.24) is 14.5 Å². The predicted molar refractivity (Wildman–Crippen MR) is 106 cm³/mol. The zero-order chi connectivity index (χ0) is 19.5. The molecule has 0 fully saturated rings. The lowest BCUT2D eigenvalue weighted by molar-refractivity contribution is -0.385. The lowest BCUT2D eigenvalue weighted by Crippen LogP contribution is -2.03. The minimum atomic E-state index is -0.385. The van der Waals surface area contributed by atoms with E-state index in [1.165, 1.54) is 6.07 Å². The molecule has 0 spiro atoms.